The molecule has 0 aromatic heterocycles. The monoisotopic (exact) mass is 419 g/mol. The summed E-state index contributed by atoms with van der Waals surface area (Å²) >= 11 is 0. The molecule has 1 atom stereocenters. The van der Waals surface area contributed by atoms with Crippen molar-refractivity contribution in [3.8, 4) is 17.2 Å². The number of rotatable bonds is 7. The van der Waals surface area contributed by atoms with Crippen molar-refractivity contribution in [2.24, 2.45) is 0 Å². The van der Waals surface area contributed by atoms with E-state index < -0.39 is 17.0 Å². The van der Waals surface area contributed by atoms with Gasteiger partial charge in [0.15, 0.2) is 23.1 Å². The van der Waals surface area contributed by atoms with Gasteiger partial charge in [-0.2, -0.15) is 0 Å². The van der Waals surface area contributed by atoms with Crippen molar-refractivity contribution in [2.45, 2.75) is 31.6 Å². The molecule has 7 heteroatoms. The Morgan fingerprint density at radius 2 is 1.70 bits per heavy atom. The van der Waals surface area contributed by atoms with Gasteiger partial charge in [-0.1, -0.05) is 19.4 Å². The second-order valence-electron chi connectivity index (χ2n) is 7.55. The molecule has 2 aromatic rings. The standard InChI is InChI=1S/C23H27F2NO4/c1-5-8-23(16-6-7-17(24)18(25)13-16)9-10-26(14-23)22(27)15-11-19(28-2)21(30-4)20(12-15)29-3/h6-7,11-13H,5,8-10,14H2,1-4H3. The number of methoxy groups -OCH3 is 3. The van der Waals surface area contributed by atoms with Crippen LogP contribution in [0.4, 0.5) is 8.78 Å². The SMILES string of the molecule is CCCC1(c2ccc(F)c(F)c2)CCN(C(=O)c2cc(OC)c(OC)c(OC)c2)C1. The van der Waals surface area contributed by atoms with Crippen LogP contribution in [0.2, 0.25) is 0 Å². The van der Waals surface area contributed by atoms with Gasteiger partial charge in [-0.15, -0.1) is 0 Å². The molecule has 1 amide bonds. The first kappa shape index (κ1) is 21.9. The molecule has 1 aliphatic heterocycles. The second-order valence-corrected chi connectivity index (χ2v) is 7.55. The van der Waals surface area contributed by atoms with Gasteiger partial charge in [0.25, 0.3) is 5.91 Å². The highest BCUT2D eigenvalue weighted by Crippen LogP contribution is 2.42. The van der Waals surface area contributed by atoms with Crippen molar-refractivity contribution < 1.29 is 27.8 Å². The van der Waals surface area contributed by atoms with E-state index in [9.17, 15) is 13.6 Å². The maximum absolute atomic E-state index is 13.9. The predicted octanol–water partition coefficient (Wildman–Crippen LogP) is 4.57. The Morgan fingerprint density at radius 3 is 2.23 bits per heavy atom. The summed E-state index contributed by atoms with van der Waals surface area (Å²) < 4.78 is 43.4. The van der Waals surface area contributed by atoms with Crippen LogP contribution in [-0.2, 0) is 5.41 Å². The number of benzene rings is 2. The lowest BCUT2D eigenvalue weighted by Gasteiger charge is -2.30. The normalized spacial score (nSPS) is 18.4. The van der Waals surface area contributed by atoms with Crippen LogP contribution in [0.5, 0.6) is 17.2 Å². The first-order valence-electron chi connectivity index (χ1n) is 9.94. The van der Waals surface area contributed by atoms with Crippen LogP contribution in [0.15, 0.2) is 30.3 Å². The number of amides is 1. The molecule has 2 aromatic carbocycles. The topological polar surface area (TPSA) is 48.0 Å². The third-order valence-electron chi connectivity index (χ3n) is 5.81. The van der Waals surface area contributed by atoms with Crippen LogP contribution in [0.3, 0.4) is 0 Å². The Kier molecular flexibility index (Phi) is 6.48. The maximum atomic E-state index is 13.9. The second kappa shape index (κ2) is 8.90. The van der Waals surface area contributed by atoms with Crippen molar-refractivity contribution in [2.75, 3.05) is 34.4 Å². The Labute approximate surface area is 175 Å². The van der Waals surface area contributed by atoms with E-state index in [-0.39, 0.29) is 5.91 Å². The highest BCUT2D eigenvalue weighted by Gasteiger charge is 2.41. The van der Waals surface area contributed by atoms with Crippen molar-refractivity contribution in [3.63, 3.8) is 0 Å². The molecule has 5 nitrogen and oxygen atoms in total. The van der Waals surface area contributed by atoms with E-state index in [1.54, 1.807) is 23.1 Å². The minimum atomic E-state index is -0.867. The Hall–Kier alpha value is -2.83. The zero-order chi connectivity index (χ0) is 21.9. The van der Waals surface area contributed by atoms with Gasteiger partial charge in [-0.25, -0.2) is 8.78 Å². The molecular formula is C23H27F2NO4. The number of ether oxygens (including phenoxy) is 3. The molecule has 30 heavy (non-hydrogen) atoms. The maximum Gasteiger partial charge on any atom is 0.254 e. The van der Waals surface area contributed by atoms with Gasteiger partial charge in [-0.3, -0.25) is 4.79 Å². The highest BCUT2D eigenvalue weighted by atomic mass is 19.2. The van der Waals surface area contributed by atoms with Gasteiger partial charge in [-0.05, 0) is 42.7 Å². The Bertz CT molecular complexity index is 908. The third kappa shape index (κ3) is 3.93. The van der Waals surface area contributed by atoms with Gasteiger partial charge >= 0.3 is 0 Å². The summed E-state index contributed by atoms with van der Waals surface area (Å²) in [7, 11) is 4.50. The largest absolute Gasteiger partial charge is 0.493 e. The average Bonchev–Trinajstić information content (AvgIpc) is 3.19. The summed E-state index contributed by atoms with van der Waals surface area (Å²) in [6, 6.07) is 7.30. The molecule has 3 rings (SSSR count). The molecule has 1 fully saturated rings. The Morgan fingerprint density at radius 1 is 1.03 bits per heavy atom. The molecule has 1 aliphatic rings. The van der Waals surface area contributed by atoms with E-state index in [1.807, 2.05) is 6.92 Å². The fourth-order valence-electron chi connectivity index (χ4n) is 4.32. The van der Waals surface area contributed by atoms with E-state index >= 15 is 0 Å². The summed E-state index contributed by atoms with van der Waals surface area (Å²) in [5.74, 6) is -0.680. The summed E-state index contributed by atoms with van der Waals surface area (Å²) in [4.78, 5) is 15.0. The summed E-state index contributed by atoms with van der Waals surface area (Å²) in [6.07, 6.45) is 2.32. The van der Waals surface area contributed by atoms with Crippen LogP contribution >= 0.6 is 0 Å². The van der Waals surface area contributed by atoms with Crippen LogP contribution in [-0.4, -0.2) is 45.2 Å². The number of carbonyl (C=O) groups excluding carboxylic acids is 1. The van der Waals surface area contributed by atoms with Gasteiger partial charge in [0, 0.05) is 24.1 Å². The molecule has 0 N–H and O–H groups in total. The van der Waals surface area contributed by atoms with Crippen LogP contribution in [0.25, 0.3) is 0 Å². The lowest BCUT2D eigenvalue weighted by atomic mass is 9.76. The van der Waals surface area contributed by atoms with Gasteiger partial charge in [0.2, 0.25) is 5.75 Å². The lowest BCUT2D eigenvalue weighted by molar-refractivity contribution is 0.0781. The molecule has 0 bridgehead atoms. The summed E-state index contributed by atoms with van der Waals surface area (Å²) in [6.45, 7) is 3.00. The van der Waals surface area contributed by atoms with E-state index in [4.69, 9.17) is 14.2 Å². The van der Waals surface area contributed by atoms with E-state index in [0.29, 0.717) is 42.3 Å². The van der Waals surface area contributed by atoms with Crippen LogP contribution < -0.4 is 14.2 Å². The minimum absolute atomic E-state index is 0.171. The summed E-state index contributed by atoms with van der Waals surface area (Å²) in [5, 5.41) is 0. The van der Waals surface area contributed by atoms with Crippen molar-refractivity contribution in [3.05, 3.63) is 53.1 Å². The third-order valence-corrected chi connectivity index (χ3v) is 5.81. The minimum Gasteiger partial charge on any atom is -0.493 e. The Balaban J connectivity index is 1.92. The smallest absolute Gasteiger partial charge is 0.254 e. The molecule has 1 heterocycles. The van der Waals surface area contributed by atoms with Gasteiger partial charge in [0.1, 0.15) is 0 Å². The molecule has 0 aliphatic carbocycles. The number of hydrogen-bond acceptors (Lipinski definition) is 4. The van der Waals surface area contributed by atoms with Crippen LogP contribution in [0, 0.1) is 11.6 Å². The quantitative estimate of drug-likeness (QED) is 0.659. The fraction of sp³-hybridized carbons (Fsp3) is 0.435. The molecule has 0 spiro atoms. The van der Waals surface area contributed by atoms with Crippen molar-refractivity contribution in [1.29, 1.82) is 0 Å². The summed E-state index contributed by atoms with van der Waals surface area (Å²) in [5.41, 5.74) is 0.741. The molecule has 1 unspecified atom stereocenters. The van der Waals surface area contributed by atoms with Crippen molar-refractivity contribution >= 4 is 5.91 Å². The number of nitrogens with zero attached hydrogens (tertiary/aromatic N) is 1. The highest BCUT2D eigenvalue weighted by molar-refractivity contribution is 5.96. The van der Waals surface area contributed by atoms with E-state index in [1.165, 1.54) is 27.4 Å². The zero-order valence-electron chi connectivity index (χ0n) is 17.8. The van der Waals surface area contributed by atoms with Gasteiger partial charge in [0.05, 0.1) is 21.3 Å². The van der Waals surface area contributed by atoms with Crippen molar-refractivity contribution in [1.82, 2.24) is 4.90 Å². The fourth-order valence-corrected chi connectivity index (χ4v) is 4.32. The lowest BCUT2D eigenvalue weighted by Crippen LogP contribution is -2.34. The molecular weight excluding hydrogens is 392 g/mol. The molecule has 0 saturated carbocycles. The van der Waals surface area contributed by atoms with E-state index in [2.05, 4.69) is 0 Å². The average molecular weight is 419 g/mol. The number of likely N-dealkylation sites (tertiary alicyclic amines) is 1. The number of halogens is 2. The molecule has 1 saturated heterocycles. The molecule has 162 valence electrons. The first-order chi connectivity index (χ1) is 14.4. The number of carbonyl (C=O) groups is 1. The predicted molar refractivity (Wildman–Crippen MR) is 110 cm³/mol. The zero-order valence-corrected chi connectivity index (χ0v) is 17.8. The number of hydrogen-bond donors (Lipinski definition) is 0. The molecule has 0 radical (unpaired) electrons. The van der Waals surface area contributed by atoms with Gasteiger partial charge < -0.3 is 19.1 Å². The van der Waals surface area contributed by atoms with Crippen LogP contribution in [0.1, 0.15) is 42.1 Å². The first-order valence-corrected chi connectivity index (χ1v) is 9.94. The van der Waals surface area contributed by atoms with E-state index in [0.717, 1.165) is 24.5 Å².